The van der Waals surface area contributed by atoms with Gasteiger partial charge < -0.3 is 10.4 Å². The summed E-state index contributed by atoms with van der Waals surface area (Å²) in [5.74, 6) is -1.10. The van der Waals surface area contributed by atoms with Crippen LogP contribution in [0.1, 0.15) is 18.1 Å². The third kappa shape index (κ3) is 3.74. The van der Waals surface area contributed by atoms with Gasteiger partial charge in [-0.05, 0) is 18.6 Å². The molecular formula is C11H12F3NO2. The van der Waals surface area contributed by atoms with Gasteiger partial charge in [-0.2, -0.15) is 13.2 Å². The molecular weight excluding hydrogens is 235 g/mol. The van der Waals surface area contributed by atoms with Gasteiger partial charge in [-0.25, -0.2) is 0 Å². The number of hydrogen-bond acceptors (Lipinski definition) is 2. The van der Waals surface area contributed by atoms with Crippen molar-refractivity contribution in [1.82, 2.24) is 5.32 Å². The van der Waals surface area contributed by atoms with Crippen LogP contribution in [-0.4, -0.2) is 17.1 Å². The summed E-state index contributed by atoms with van der Waals surface area (Å²) in [6, 6.07) is 4.19. The molecule has 0 radical (unpaired) electrons. The molecule has 1 aromatic rings. The topological polar surface area (TPSA) is 49.3 Å². The van der Waals surface area contributed by atoms with E-state index < -0.39 is 23.8 Å². The summed E-state index contributed by atoms with van der Waals surface area (Å²) >= 11 is 0. The molecule has 17 heavy (non-hydrogen) atoms. The summed E-state index contributed by atoms with van der Waals surface area (Å²) in [4.78, 5) is 10.5. The lowest BCUT2D eigenvalue weighted by Gasteiger charge is -2.14. The molecule has 0 fully saturated rings. The van der Waals surface area contributed by atoms with Crippen molar-refractivity contribution < 1.29 is 23.1 Å². The Morgan fingerprint density at radius 2 is 2.00 bits per heavy atom. The van der Waals surface area contributed by atoms with Crippen LogP contribution in [0.5, 0.6) is 0 Å². The standard InChI is InChI=1S/C11H12F3NO2/c1-7(10(16)17)15-6-8-4-2-3-5-9(8)11(12,13)14/h2-5,7,15H,6H2,1H3,(H,16,17). The van der Waals surface area contributed by atoms with E-state index in [9.17, 15) is 18.0 Å². The highest BCUT2D eigenvalue weighted by Crippen LogP contribution is 2.31. The molecule has 0 aliphatic carbocycles. The second-order valence-electron chi connectivity index (χ2n) is 3.60. The first-order valence-electron chi connectivity index (χ1n) is 4.93. The van der Waals surface area contributed by atoms with Crippen molar-refractivity contribution in [3.8, 4) is 0 Å². The van der Waals surface area contributed by atoms with Crippen LogP contribution in [-0.2, 0) is 17.5 Å². The van der Waals surface area contributed by atoms with E-state index in [0.717, 1.165) is 6.07 Å². The molecule has 94 valence electrons. The second kappa shape index (κ2) is 5.18. The molecule has 0 spiro atoms. The van der Waals surface area contributed by atoms with Gasteiger partial charge in [0.2, 0.25) is 0 Å². The van der Waals surface area contributed by atoms with Crippen molar-refractivity contribution in [3.05, 3.63) is 35.4 Å². The number of halogens is 3. The zero-order valence-corrected chi connectivity index (χ0v) is 9.08. The highest BCUT2D eigenvalue weighted by atomic mass is 19.4. The second-order valence-corrected chi connectivity index (χ2v) is 3.60. The fourth-order valence-electron chi connectivity index (χ4n) is 1.30. The predicted octanol–water partition coefficient (Wildman–Crippen LogP) is 2.27. The Balaban J connectivity index is 2.81. The number of hydrogen-bond donors (Lipinski definition) is 2. The number of rotatable bonds is 4. The molecule has 6 heteroatoms. The molecule has 0 saturated heterocycles. The third-order valence-corrected chi connectivity index (χ3v) is 2.29. The summed E-state index contributed by atoms with van der Waals surface area (Å²) in [6.45, 7) is 1.24. The Hall–Kier alpha value is -1.56. The van der Waals surface area contributed by atoms with Gasteiger partial charge in [-0.15, -0.1) is 0 Å². The average molecular weight is 247 g/mol. The first-order valence-corrected chi connectivity index (χ1v) is 4.93. The van der Waals surface area contributed by atoms with Crippen LogP contribution in [0.2, 0.25) is 0 Å². The monoisotopic (exact) mass is 247 g/mol. The number of aliphatic carboxylic acids is 1. The van der Waals surface area contributed by atoms with Crippen molar-refractivity contribution in [2.45, 2.75) is 25.7 Å². The molecule has 0 saturated carbocycles. The molecule has 0 amide bonds. The van der Waals surface area contributed by atoms with Gasteiger partial charge in [0, 0.05) is 6.54 Å². The number of carboxylic acids is 1. The maximum absolute atomic E-state index is 12.6. The van der Waals surface area contributed by atoms with Crippen LogP contribution in [0, 0.1) is 0 Å². The predicted molar refractivity (Wildman–Crippen MR) is 55.4 cm³/mol. The van der Waals surface area contributed by atoms with E-state index in [2.05, 4.69) is 5.32 Å². The van der Waals surface area contributed by atoms with E-state index in [1.807, 2.05) is 0 Å². The van der Waals surface area contributed by atoms with Crippen molar-refractivity contribution in [2.75, 3.05) is 0 Å². The molecule has 2 N–H and O–H groups in total. The molecule has 1 aromatic carbocycles. The summed E-state index contributed by atoms with van der Waals surface area (Å²) in [5.41, 5.74) is -0.710. The first kappa shape index (κ1) is 13.5. The van der Waals surface area contributed by atoms with E-state index in [1.54, 1.807) is 0 Å². The third-order valence-electron chi connectivity index (χ3n) is 2.29. The highest BCUT2D eigenvalue weighted by Gasteiger charge is 2.32. The lowest BCUT2D eigenvalue weighted by Crippen LogP contribution is -2.33. The van der Waals surface area contributed by atoms with Gasteiger partial charge in [0.05, 0.1) is 5.56 Å². The van der Waals surface area contributed by atoms with Crippen LogP contribution in [0.4, 0.5) is 13.2 Å². The Morgan fingerprint density at radius 1 is 1.41 bits per heavy atom. The van der Waals surface area contributed by atoms with Gasteiger partial charge in [0.15, 0.2) is 0 Å². The molecule has 3 nitrogen and oxygen atoms in total. The van der Waals surface area contributed by atoms with Crippen LogP contribution >= 0.6 is 0 Å². The summed E-state index contributed by atoms with van der Waals surface area (Å²) < 4.78 is 37.8. The SMILES string of the molecule is CC(NCc1ccccc1C(F)(F)F)C(=O)O. The summed E-state index contributed by atoms with van der Waals surface area (Å²) in [5, 5.41) is 11.1. The molecule has 0 bridgehead atoms. The Labute approximate surface area is 96.3 Å². The van der Waals surface area contributed by atoms with Crippen molar-refractivity contribution >= 4 is 5.97 Å². The Morgan fingerprint density at radius 3 is 2.53 bits per heavy atom. The number of carbonyl (C=O) groups is 1. The summed E-state index contributed by atoms with van der Waals surface area (Å²) in [7, 11) is 0. The Kier molecular flexibility index (Phi) is 4.11. The number of nitrogens with one attached hydrogen (secondary N) is 1. The zero-order valence-electron chi connectivity index (χ0n) is 9.08. The number of benzene rings is 1. The molecule has 0 aromatic heterocycles. The smallest absolute Gasteiger partial charge is 0.416 e. The number of carboxylic acid groups (broad SMARTS) is 1. The normalized spacial score (nSPS) is 13.4. The zero-order chi connectivity index (χ0) is 13.1. The van der Waals surface area contributed by atoms with Crippen molar-refractivity contribution in [1.29, 1.82) is 0 Å². The van der Waals surface area contributed by atoms with Gasteiger partial charge in [-0.3, -0.25) is 4.79 Å². The summed E-state index contributed by atoms with van der Waals surface area (Å²) in [6.07, 6.45) is -4.43. The van der Waals surface area contributed by atoms with E-state index >= 15 is 0 Å². The first-order chi connectivity index (χ1) is 7.82. The van der Waals surface area contributed by atoms with Crippen LogP contribution in [0.25, 0.3) is 0 Å². The fourth-order valence-corrected chi connectivity index (χ4v) is 1.30. The minimum absolute atomic E-state index is 0.0353. The quantitative estimate of drug-likeness (QED) is 0.858. The van der Waals surface area contributed by atoms with E-state index in [-0.39, 0.29) is 12.1 Å². The van der Waals surface area contributed by atoms with Crippen molar-refractivity contribution in [2.24, 2.45) is 0 Å². The molecule has 0 aliphatic heterocycles. The van der Waals surface area contributed by atoms with E-state index in [4.69, 9.17) is 5.11 Å². The van der Waals surface area contributed by atoms with Crippen LogP contribution in [0.15, 0.2) is 24.3 Å². The van der Waals surface area contributed by atoms with E-state index in [1.165, 1.54) is 25.1 Å². The van der Waals surface area contributed by atoms with Crippen molar-refractivity contribution in [3.63, 3.8) is 0 Å². The molecule has 1 unspecified atom stereocenters. The highest BCUT2D eigenvalue weighted by molar-refractivity contribution is 5.72. The van der Waals surface area contributed by atoms with Crippen LogP contribution < -0.4 is 5.32 Å². The fraction of sp³-hybridized carbons (Fsp3) is 0.364. The van der Waals surface area contributed by atoms with Crippen LogP contribution in [0.3, 0.4) is 0 Å². The maximum atomic E-state index is 12.6. The molecule has 0 aliphatic rings. The maximum Gasteiger partial charge on any atom is 0.416 e. The largest absolute Gasteiger partial charge is 0.480 e. The average Bonchev–Trinajstić information content (AvgIpc) is 2.24. The molecule has 1 atom stereocenters. The number of alkyl halides is 3. The van der Waals surface area contributed by atoms with Gasteiger partial charge >= 0.3 is 12.1 Å². The molecule has 1 rings (SSSR count). The lowest BCUT2D eigenvalue weighted by atomic mass is 10.1. The van der Waals surface area contributed by atoms with E-state index in [0.29, 0.717) is 0 Å². The van der Waals surface area contributed by atoms with Gasteiger partial charge in [-0.1, -0.05) is 18.2 Å². The minimum atomic E-state index is -4.43. The lowest BCUT2D eigenvalue weighted by molar-refractivity contribution is -0.139. The Bertz CT molecular complexity index is 404. The minimum Gasteiger partial charge on any atom is -0.480 e. The van der Waals surface area contributed by atoms with Gasteiger partial charge in [0.1, 0.15) is 6.04 Å². The van der Waals surface area contributed by atoms with Gasteiger partial charge in [0.25, 0.3) is 0 Å². The molecule has 0 heterocycles.